The van der Waals surface area contributed by atoms with Crippen molar-refractivity contribution in [2.24, 2.45) is 0 Å². The average molecular weight is 451 g/mol. The van der Waals surface area contributed by atoms with Crippen LogP contribution in [0.3, 0.4) is 0 Å². The summed E-state index contributed by atoms with van der Waals surface area (Å²) in [7, 11) is -1.13. The minimum atomic E-state index is -4.05. The van der Waals surface area contributed by atoms with E-state index in [1.165, 1.54) is 32.4 Å². The highest BCUT2D eigenvalue weighted by molar-refractivity contribution is 7.92. The van der Waals surface area contributed by atoms with Crippen molar-refractivity contribution in [1.82, 2.24) is 5.32 Å². The molecule has 1 N–H and O–H groups in total. The number of methoxy groups -OCH3 is 2. The van der Waals surface area contributed by atoms with Crippen LogP contribution in [-0.4, -0.2) is 54.8 Å². The zero-order chi connectivity index (χ0) is 22.9. The van der Waals surface area contributed by atoms with Crippen molar-refractivity contribution in [2.75, 3.05) is 44.8 Å². The Balaban J connectivity index is 2.38. The second-order valence-corrected chi connectivity index (χ2v) is 8.63. The first-order chi connectivity index (χ1) is 14.8. The second-order valence-electron chi connectivity index (χ2n) is 6.76. The number of hydrogen-bond acceptors (Lipinski definition) is 6. The van der Waals surface area contributed by atoms with Gasteiger partial charge in [0.25, 0.3) is 10.0 Å². The van der Waals surface area contributed by atoms with Gasteiger partial charge in [-0.25, -0.2) is 8.42 Å². The van der Waals surface area contributed by atoms with Gasteiger partial charge in [-0.15, -0.1) is 0 Å². The second kappa shape index (κ2) is 11.6. The Kier molecular flexibility index (Phi) is 9.14. The molecule has 0 fully saturated rings. The molecule has 0 radical (unpaired) electrons. The fourth-order valence-corrected chi connectivity index (χ4v) is 4.28. The van der Waals surface area contributed by atoms with E-state index in [1.54, 1.807) is 24.3 Å². The van der Waals surface area contributed by atoms with Gasteiger partial charge in [-0.2, -0.15) is 0 Å². The number of hydrogen-bond donors (Lipinski definition) is 1. The number of carbonyl (C=O) groups excluding carboxylic acids is 1. The van der Waals surface area contributed by atoms with Gasteiger partial charge >= 0.3 is 0 Å². The third-order valence-corrected chi connectivity index (χ3v) is 6.32. The lowest BCUT2D eigenvalue weighted by molar-refractivity contribution is -0.119. The van der Waals surface area contributed by atoms with E-state index in [1.807, 2.05) is 13.8 Å². The smallest absolute Gasteiger partial charge is 0.264 e. The average Bonchev–Trinajstić information content (AvgIpc) is 2.77. The van der Waals surface area contributed by atoms with E-state index < -0.39 is 22.5 Å². The van der Waals surface area contributed by atoms with Crippen LogP contribution in [0, 0.1) is 6.92 Å². The first-order valence-corrected chi connectivity index (χ1v) is 11.4. The number of benzene rings is 2. The zero-order valence-corrected chi connectivity index (χ0v) is 19.2. The molecule has 1 amide bonds. The minimum absolute atomic E-state index is 0.0760. The lowest BCUT2D eigenvalue weighted by atomic mass is 10.2. The summed E-state index contributed by atoms with van der Waals surface area (Å²) in [5.74, 6) is 0.315. The molecule has 0 saturated heterocycles. The lowest BCUT2D eigenvalue weighted by Gasteiger charge is -2.26. The van der Waals surface area contributed by atoms with Crippen LogP contribution in [0.15, 0.2) is 47.4 Å². The summed E-state index contributed by atoms with van der Waals surface area (Å²) < 4.78 is 43.9. The summed E-state index contributed by atoms with van der Waals surface area (Å²) in [5.41, 5.74) is 1.14. The van der Waals surface area contributed by atoms with E-state index in [2.05, 4.69) is 5.32 Å². The van der Waals surface area contributed by atoms with Crippen LogP contribution >= 0.6 is 0 Å². The molecule has 8 nitrogen and oxygen atoms in total. The zero-order valence-electron chi connectivity index (χ0n) is 18.4. The third kappa shape index (κ3) is 6.60. The standard InChI is InChI=1S/C22H30N2O6S/c1-5-30-14-6-13-23-22(25)16-24(20-15-18(28-3)9-12-21(20)29-4)31(26,27)19-10-7-17(2)8-11-19/h7-12,15H,5-6,13-14,16H2,1-4H3,(H,23,25). The fraction of sp³-hybridized carbons (Fsp3) is 0.409. The Labute approximate surface area is 184 Å². The highest BCUT2D eigenvalue weighted by Crippen LogP contribution is 2.35. The molecule has 9 heteroatoms. The maximum absolute atomic E-state index is 13.5. The molecule has 0 aromatic heterocycles. The maximum Gasteiger partial charge on any atom is 0.264 e. The molecule has 0 aliphatic rings. The van der Waals surface area contributed by atoms with Crippen LogP contribution < -0.4 is 19.1 Å². The molecule has 0 unspecified atom stereocenters. The summed E-state index contributed by atoms with van der Waals surface area (Å²) in [6.45, 7) is 4.86. The molecule has 0 aliphatic carbocycles. The van der Waals surface area contributed by atoms with E-state index in [4.69, 9.17) is 14.2 Å². The molecule has 0 spiro atoms. The van der Waals surface area contributed by atoms with E-state index in [-0.39, 0.29) is 10.6 Å². The van der Waals surface area contributed by atoms with Gasteiger partial charge in [0.1, 0.15) is 18.0 Å². The van der Waals surface area contributed by atoms with Crippen LogP contribution in [0.4, 0.5) is 5.69 Å². The molecular weight excluding hydrogens is 420 g/mol. The van der Waals surface area contributed by atoms with E-state index >= 15 is 0 Å². The molecular formula is C22H30N2O6S. The number of ether oxygens (including phenoxy) is 3. The van der Waals surface area contributed by atoms with E-state index in [9.17, 15) is 13.2 Å². The van der Waals surface area contributed by atoms with E-state index in [0.29, 0.717) is 37.7 Å². The van der Waals surface area contributed by atoms with Gasteiger partial charge in [0.05, 0.1) is 24.8 Å². The summed E-state index contributed by atoms with van der Waals surface area (Å²) >= 11 is 0. The number of anilines is 1. The molecule has 0 bridgehead atoms. The molecule has 2 rings (SSSR count). The van der Waals surface area contributed by atoms with Gasteiger partial charge in [0.15, 0.2) is 0 Å². The quantitative estimate of drug-likeness (QED) is 0.500. The van der Waals surface area contributed by atoms with Gasteiger partial charge in [-0.3, -0.25) is 9.10 Å². The van der Waals surface area contributed by atoms with Crippen molar-refractivity contribution in [2.45, 2.75) is 25.2 Å². The molecule has 2 aromatic rings. The lowest BCUT2D eigenvalue weighted by Crippen LogP contribution is -2.41. The molecule has 0 aliphatic heterocycles. The molecule has 31 heavy (non-hydrogen) atoms. The molecule has 0 atom stereocenters. The van der Waals surface area contributed by atoms with Gasteiger partial charge in [-0.05, 0) is 44.5 Å². The Morgan fingerprint density at radius 2 is 1.77 bits per heavy atom. The molecule has 0 saturated carbocycles. The van der Waals surface area contributed by atoms with Gasteiger partial charge < -0.3 is 19.5 Å². The van der Waals surface area contributed by atoms with Gasteiger partial charge in [-0.1, -0.05) is 17.7 Å². The van der Waals surface area contributed by atoms with Crippen molar-refractivity contribution in [1.29, 1.82) is 0 Å². The number of amides is 1. The number of aryl methyl sites for hydroxylation is 1. The normalized spacial score (nSPS) is 11.1. The largest absolute Gasteiger partial charge is 0.497 e. The number of nitrogens with zero attached hydrogens (tertiary/aromatic N) is 1. The molecule has 0 heterocycles. The number of rotatable bonds is 12. The Morgan fingerprint density at radius 3 is 2.39 bits per heavy atom. The summed E-state index contributed by atoms with van der Waals surface area (Å²) in [5, 5.41) is 2.74. The van der Waals surface area contributed by atoms with Crippen LogP contribution in [0.5, 0.6) is 11.5 Å². The number of sulfonamides is 1. The highest BCUT2D eigenvalue weighted by Gasteiger charge is 2.29. The Hall–Kier alpha value is -2.78. The van der Waals surface area contributed by atoms with Gasteiger partial charge in [0.2, 0.25) is 5.91 Å². The van der Waals surface area contributed by atoms with Crippen molar-refractivity contribution >= 4 is 21.6 Å². The monoisotopic (exact) mass is 450 g/mol. The van der Waals surface area contributed by atoms with Crippen molar-refractivity contribution in [3.05, 3.63) is 48.0 Å². The SMILES string of the molecule is CCOCCCNC(=O)CN(c1cc(OC)ccc1OC)S(=O)(=O)c1ccc(C)cc1. The number of nitrogens with one attached hydrogen (secondary N) is 1. The minimum Gasteiger partial charge on any atom is -0.497 e. The van der Waals surface area contributed by atoms with Crippen molar-refractivity contribution < 1.29 is 27.4 Å². The summed E-state index contributed by atoms with van der Waals surface area (Å²) in [4.78, 5) is 12.7. The first-order valence-electron chi connectivity index (χ1n) is 9.99. The van der Waals surface area contributed by atoms with Crippen LogP contribution in [0.1, 0.15) is 18.9 Å². The number of carbonyl (C=O) groups is 1. The Morgan fingerprint density at radius 1 is 1.06 bits per heavy atom. The maximum atomic E-state index is 13.5. The predicted octanol–water partition coefficient (Wildman–Crippen LogP) is 2.75. The first kappa shape index (κ1) is 24.5. The van der Waals surface area contributed by atoms with Crippen LogP contribution in [0.25, 0.3) is 0 Å². The highest BCUT2D eigenvalue weighted by atomic mass is 32.2. The Bertz CT molecular complexity index is 960. The van der Waals surface area contributed by atoms with Crippen LogP contribution in [0.2, 0.25) is 0 Å². The van der Waals surface area contributed by atoms with Crippen LogP contribution in [-0.2, 0) is 19.6 Å². The van der Waals surface area contributed by atoms with Crippen molar-refractivity contribution in [3.8, 4) is 11.5 Å². The third-order valence-electron chi connectivity index (χ3n) is 4.54. The topological polar surface area (TPSA) is 94.2 Å². The molecule has 170 valence electrons. The van der Waals surface area contributed by atoms with Crippen molar-refractivity contribution in [3.63, 3.8) is 0 Å². The summed E-state index contributed by atoms with van der Waals surface area (Å²) in [6, 6.07) is 11.3. The summed E-state index contributed by atoms with van der Waals surface area (Å²) in [6.07, 6.45) is 0.632. The molecule has 2 aromatic carbocycles. The van der Waals surface area contributed by atoms with E-state index in [0.717, 1.165) is 9.87 Å². The predicted molar refractivity (Wildman–Crippen MR) is 119 cm³/mol. The fourth-order valence-electron chi connectivity index (χ4n) is 2.86. The van der Waals surface area contributed by atoms with Gasteiger partial charge in [0, 0.05) is 25.8 Å².